The lowest BCUT2D eigenvalue weighted by atomic mass is 10.0. The summed E-state index contributed by atoms with van der Waals surface area (Å²) in [5.74, 6) is -0.274. The number of aromatic nitrogens is 4. The van der Waals surface area contributed by atoms with Crippen LogP contribution in [0.15, 0.2) is 41.2 Å². The van der Waals surface area contributed by atoms with Crippen LogP contribution in [0.2, 0.25) is 0 Å². The van der Waals surface area contributed by atoms with Crippen molar-refractivity contribution < 1.29 is 13.9 Å². The predicted molar refractivity (Wildman–Crippen MR) is 101 cm³/mol. The van der Waals surface area contributed by atoms with E-state index in [1.165, 1.54) is 12.1 Å². The number of ether oxygens (including phenoxy) is 1. The van der Waals surface area contributed by atoms with Gasteiger partial charge in [0.15, 0.2) is 0 Å². The highest BCUT2D eigenvalue weighted by Crippen LogP contribution is 2.29. The van der Waals surface area contributed by atoms with E-state index in [4.69, 9.17) is 4.74 Å². The van der Waals surface area contributed by atoms with E-state index in [-0.39, 0.29) is 22.8 Å². The maximum atomic E-state index is 14.4. The summed E-state index contributed by atoms with van der Waals surface area (Å²) in [4.78, 5) is 31.0. The van der Waals surface area contributed by atoms with Crippen molar-refractivity contribution in [1.29, 1.82) is 0 Å². The molecule has 0 radical (unpaired) electrons. The second kappa shape index (κ2) is 6.15. The number of aromatic amines is 2. The van der Waals surface area contributed by atoms with Gasteiger partial charge in [0.05, 0.1) is 21.8 Å². The minimum atomic E-state index is -0.558. The molecule has 2 aromatic carbocycles. The van der Waals surface area contributed by atoms with E-state index < -0.39 is 17.5 Å². The molecule has 8 nitrogen and oxygen atoms in total. The number of halogens is 1. The number of hydrogen-bond donors (Lipinski definition) is 3. The summed E-state index contributed by atoms with van der Waals surface area (Å²) in [6.07, 6.45) is 1.20. The van der Waals surface area contributed by atoms with Gasteiger partial charge in [-0.2, -0.15) is 5.10 Å². The van der Waals surface area contributed by atoms with E-state index in [9.17, 15) is 14.0 Å². The molecule has 9 heteroatoms. The highest BCUT2D eigenvalue weighted by Gasteiger charge is 2.26. The van der Waals surface area contributed by atoms with Crippen molar-refractivity contribution in [2.45, 2.75) is 18.9 Å². The van der Waals surface area contributed by atoms with Gasteiger partial charge < -0.3 is 9.72 Å². The third-order valence-electron chi connectivity index (χ3n) is 4.54. The fraction of sp³-hybridized carbons (Fsp3) is 0.158. The topological polar surface area (TPSA) is 113 Å². The molecule has 0 unspecified atom stereocenters. The molecule has 1 fully saturated rings. The van der Waals surface area contributed by atoms with Gasteiger partial charge in [0.1, 0.15) is 17.6 Å². The molecule has 2 heterocycles. The SMILES string of the molecule is O=C(Nc1nc2ccc(-c3n[nH]c(=O)c4cccc(F)c34)cc2[nH]1)OC1CC1. The molecule has 1 aliphatic carbocycles. The number of amides is 1. The summed E-state index contributed by atoms with van der Waals surface area (Å²) in [5.41, 5.74) is 1.68. The normalized spacial score (nSPS) is 13.8. The molecule has 0 aliphatic heterocycles. The largest absolute Gasteiger partial charge is 0.446 e. The summed E-state index contributed by atoms with van der Waals surface area (Å²) < 4.78 is 19.5. The Kier molecular flexibility index (Phi) is 3.61. The molecule has 0 atom stereocenters. The van der Waals surface area contributed by atoms with Crippen LogP contribution in [0, 0.1) is 5.82 Å². The van der Waals surface area contributed by atoms with Crippen LogP contribution >= 0.6 is 0 Å². The Morgan fingerprint density at radius 2 is 2.11 bits per heavy atom. The minimum absolute atomic E-state index is 0.00882. The zero-order chi connectivity index (χ0) is 19.3. The molecule has 0 saturated heterocycles. The molecular weight excluding hydrogens is 365 g/mol. The van der Waals surface area contributed by atoms with Crippen LogP contribution < -0.4 is 10.9 Å². The zero-order valence-electron chi connectivity index (χ0n) is 14.5. The van der Waals surface area contributed by atoms with Crippen LogP contribution in [-0.2, 0) is 4.74 Å². The maximum absolute atomic E-state index is 14.4. The maximum Gasteiger partial charge on any atom is 0.414 e. The molecule has 1 aliphatic rings. The number of imidazole rings is 1. The summed E-state index contributed by atoms with van der Waals surface area (Å²) in [6.45, 7) is 0. The van der Waals surface area contributed by atoms with Crippen LogP contribution in [0.25, 0.3) is 33.1 Å². The van der Waals surface area contributed by atoms with Gasteiger partial charge in [-0.25, -0.2) is 19.3 Å². The highest BCUT2D eigenvalue weighted by molar-refractivity contribution is 5.96. The van der Waals surface area contributed by atoms with Crippen molar-refractivity contribution in [3.63, 3.8) is 0 Å². The lowest BCUT2D eigenvalue weighted by molar-refractivity contribution is 0.154. The molecule has 1 saturated carbocycles. The number of nitrogens with zero attached hydrogens (tertiary/aromatic N) is 2. The molecule has 3 N–H and O–H groups in total. The number of anilines is 1. The van der Waals surface area contributed by atoms with E-state index in [2.05, 4.69) is 25.5 Å². The Morgan fingerprint density at radius 1 is 1.25 bits per heavy atom. The molecule has 140 valence electrons. The first kappa shape index (κ1) is 16.4. The van der Waals surface area contributed by atoms with Crippen molar-refractivity contribution in [2.75, 3.05) is 5.32 Å². The van der Waals surface area contributed by atoms with E-state index in [1.54, 1.807) is 24.3 Å². The van der Waals surface area contributed by atoms with Crippen LogP contribution in [0.1, 0.15) is 12.8 Å². The third-order valence-corrected chi connectivity index (χ3v) is 4.54. The van der Waals surface area contributed by atoms with Crippen LogP contribution in [0.3, 0.4) is 0 Å². The number of H-pyrrole nitrogens is 2. The average molecular weight is 379 g/mol. The molecule has 5 rings (SSSR count). The highest BCUT2D eigenvalue weighted by atomic mass is 19.1. The number of carbonyl (C=O) groups is 1. The zero-order valence-corrected chi connectivity index (χ0v) is 14.5. The first-order valence-electron chi connectivity index (χ1n) is 8.73. The Labute approximate surface area is 156 Å². The van der Waals surface area contributed by atoms with Gasteiger partial charge in [0.2, 0.25) is 5.95 Å². The van der Waals surface area contributed by atoms with Crippen LogP contribution in [0.4, 0.5) is 15.1 Å². The van der Waals surface area contributed by atoms with E-state index in [0.29, 0.717) is 22.3 Å². The second-order valence-electron chi connectivity index (χ2n) is 6.61. The number of rotatable bonds is 3. The third kappa shape index (κ3) is 2.86. The second-order valence-corrected chi connectivity index (χ2v) is 6.61. The number of carbonyl (C=O) groups excluding carboxylic acids is 1. The fourth-order valence-electron chi connectivity index (χ4n) is 3.07. The van der Waals surface area contributed by atoms with Crippen molar-refractivity contribution >= 4 is 33.8 Å². The first-order valence-corrected chi connectivity index (χ1v) is 8.73. The molecule has 0 bridgehead atoms. The number of hydrogen-bond acceptors (Lipinski definition) is 5. The Balaban J connectivity index is 1.55. The molecule has 28 heavy (non-hydrogen) atoms. The van der Waals surface area contributed by atoms with Gasteiger partial charge in [0, 0.05) is 5.56 Å². The van der Waals surface area contributed by atoms with Gasteiger partial charge in [-0.3, -0.25) is 10.1 Å². The quantitative estimate of drug-likeness (QED) is 0.505. The van der Waals surface area contributed by atoms with Gasteiger partial charge in [-0.15, -0.1) is 0 Å². The van der Waals surface area contributed by atoms with E-state index in [1.807, 2.05) is 0 Å². The molecule has 4 aromatic rings. The summed E-state index contributed by atoms with van der Waals surface area (Å²) in [5, 5.41) is 9.37. The van der Waals surface area contributed by atoms with Crippen molar-refractivity contribution in [3.8, 4) is 11.3 Å². The Morgan fingerprint density at radius 3 is 2.93 bits per heavy atom. The standard InChI is InChI=1S/C19H14FN5O3/c20-12-3-1-2-11-15(12)16(24-25-17(11)26)9-4-7-13-14(8-9)22-18(21-13)23-19(27)28-10-5-6-10/h1-4,7-8,10H,5-6H2,(H,25,26)(H2,21,22,23,27). The van der Waals surface area contributed by atoms with Crippen LogP contribution in [0.5, 0.6) is 0 Å². The van der Waals surface area contributed by atoms with E-state index in [0.717, 1.165) is 12.8 Å². The smallest absolute Gasteiger partial charge is 0.414 e. The minimum Gasteiger partial charge on any atom is -0.446 e. The lowest BCUT2D eigenvalue weighted by Gasteiger charge is -2.06. The average Bonchev–Trinajstić information content (AvgIpc) is 3.39. The Hall–Kier alpha value is -3.75. The summed E-state index contributed by atoms with van der Waals surface area (Å²) >= 11 is 0. The number of nitrogens with one attached hydrogen (secondary N) is 3. The Bertz CT molecular complexity index is 1290. The van der Waals surface area contributed by atoms with E-state index >= 15 is 0 Å². The molecule has 2 aromatic heterocycles. The summed E-state index contributed by atoms with van der Waals surface area (Å²) in [7, 11) is 0. The molecule has 1 amide bonds. The number of fused-ring (bicyclic) bond motifs is 2. The molecule has 0 spiro atoms. The summed E-state index contributed by atoms with van der Waals surface area (Å²) in [6, 6.07) is 9.49. The fourth-order valence-corrected chi connectivity index (χ4v) is 3.07. The first-order chi connectivity index (χ1) is 13.6. The number of benzene rings is 2. The predicted octanol–water partition coefficient (Wildman–Crippen LogP) is 3.32. The lowest BCUT2D eigenvalue weighted by Crippen LogP contribution is -2.15. The van der Waals surface area contributed by atoms with Gasteiger partial charge in [0.25, 0.3) is 5.56 Å². The monoisotopic (exact) mass is 379 g/mol. The van der Waals surface area contributed by atoms with Crippen molar-refractivity contribution in [1.82, 2.24) is 20.2 Å². The van der Waals surface area contributed by atoms with Crippen molar-refractivity contribution in [2.24, 2.45) is 0 Å². The van der Waals surface area contributed by atoms with Gasteiger partial charge in [-0.05, 0) is 37.1 Å². The van der Waals surface area contributed by atoms with Gasteiger partial charge in [-0.1, -0.05) is 12.1 Å². The van der Waals surface area contributed by atoms with Crippen molar-refractivity contribution in [3.05, 3.63) is 52.6 Å². The molecular formula is C19H14FN5O3. The van der Waals surface area contributed by atoms with Gasteiger partial charge >= 0.3 is 6.09 Å². The van der Waals surface area contributed by atoms with Crippen LogP contribution in [-0.4, -0.2) is 32.4 Å².